The number of nitrogen functional groups attached to an aromatic ring is 1. The third-order valence-electron chi connectivity index (χ3n) is 2.63. The summed E-state index contributed by atoms with van der Waals surface area (Å²) in [7, 11) is 0. The summed E-state index contributed by atoms with van der Waals surface area (Å²) in [5, 5.41) is 8.56. The predicted molar refractivity (Wildman–Crippen MR) is 81.3 cm³/mol. The lowest BCUT2D eigenvalue weighted by atomic mass is 10.1. The minimum absolute atomic E-state index is 0.0990. The highest BCUT2D eigenvalue weighted by atomic mass is 35.5. The molecule has 0 unspecified atom stereocenters. The van der Waals surface area contributed by atoms with Gasteiger partial charge in [0.1, 0.15) is 11.6 Å². The number of nitrogens with two attached hydrogens (primary N) is 1. The molecule has 0 bridgehead atoms. The average molecular weight is 310 g/mol. The topological polar surface area (TPSA) is 72.0 Å². The molecule has 0 saturated heterocycles. The molecule has 0 saturated carbocycles. The van der Waals surface area contributed by atoms with E-state index >= 15 is 0 Å². The van der Waals surface area contributed by atoms with Crippen molar-refractivity contribution in [3.8, 4) is 11.6 Å². The van der Waals surface area contributed by atoms with Crippen LogP contribution in [0.15, 0.2) is 24.3 Å². The molecule has 0 atom stereocenters. The van der Waals surface area contributed by atoms with Crippen LogP contribution in [0, 0.1) is 19.3 Å². The molecule has 0 aliphatic carbocycles. The van der Waals surface area contributed by atoms with E-state index in [1.807, 2.05) is 19.9 Å². The number of nitrogens with one attached hydrogen (secondary N) is 1. The molecule has 20 heavy (non-hydrogen) atoms. The maximum absolute atomic E-state index is 7.64. The number of amidine groups is 1. The number of aryl methyl sites for hydroxylation is 2. The van der Waals surface area contributed by atoms with Gasteiger partial charge in [0, 0.05) is 15.7 Å². The van der Waals surface area contributed by atoms with Crippen molar-refractivity contribution in [1.29, 1.82) is 5.41 Å². The number of hydrogen-bond acceptors (Lipinski definition) is 3. The molecule has 0 fully saturated rings. The zero-order valence-corrected chi connectivity index (χ0v) is 12.5. The van der Waals surface area contributed by atoms with Crippen molar-refractivity contribution >= 4 is 29.0 Å². The summed E-state index contributed by atoms with van der Waals surface area (Å²) in [6.07, 6.45) is 0. The van der Waals surface area contributed by atoms with E-state index in [4.69, 9.17) is 39.1 Å². The first-order chi connectivity index (χ1) is 9.36. The maximum atomic E-state index is 7.64. The van der Waals surface area contributed by atoms with E-state index in [0.717, 1.165) is 11.3 Å². The average Bonchev–Trinajstić information content (AvgIpc) is 2.25. The molecular weight excluding hydrogens is 297 g/mol. The molecule has 0 radical (unpaired) electrons. The van der Waals surface area contributed by atoms with Crippen LogP contribution < -0.4 is 10.5 Å². The highest BCUT2D eigenvalue weighted by Crippen LogP contribution is 2.30. The zero-order chi connectivity index (χ0) is 14.9. The molecular formula is C14H13Cl2N3O. The molecule has 0 amide bonds. The van der Waals surface area contributed by atoms with Crippen LogP contribution >= 0.6 is 23.2 Å². The summed E-state index contributed by atoms with van der Waals surface area (Å²) in [5.41, 5.74) is 7.66. The van der Waals surface area contributed by atoms with Crippen LogP contribution in [0.4, 0.5) is 0 Å². The first kappa shape index (κ1) is 14.6. The van der Waals surface area contributed by atoms with Crippen LogP contribution in [-0.4, -0.2) is 10.8 Å². The quantitative estimate of drug-likeness (QED) is 0.662. The molecule has 0 aliphatic rings. The van der Waals surface area contributed by atoms with Gasteiger partial charge in [-0.2, -0.15) is 0 Å². The number of benzene rings is 1. The van der Waals surface area contributed by atoms with E-state index in [-0.39, 0.29) is 11.7 Å². The molecule has 2 rings (SSSR count). The van der Waals surface area contributed by atoms with E-state index in [0.29, 0.717) is 21.4 Å². The summed E-state index contributed by atoms with van der Waals surface area (Å²) in [6, 6.07) is 6.69. The first-order valence-corrected chi connectivity index (χ1v) is 6.59. The van der Waals surface area contributed by atoms with Gasteiger partial charge in [-0.15, -0.1) is 0 Å². The van der Waals surface area contributed by atoms with Crippen molar-refractivity contribution < 1.29 is 4.74 Å². The number of halogens is 2. The van der Waals surface area contributed by atoms with Gasteiger partial charge >= 0.3 is 0 Å². The molecule has 6 heteroatoms. The minimum Gasteiger partial charge on any atom is -0.438 e. The molecule has 1 aromatic heterocycles. The third kappa shape index (κ3) is 3.21. The van der Waals surface area contributed by atoms with E-state index in [1.54, 1.807) is 18.2 Å². The molecule has 2 aromatic rings. The van der Waals surface area contributed by atoms with Crippen LogP contribution in [0.25, 0.3) is 0 Å². The fourth-order valence-electron chi connectivity index (χ4n) is 1.90. The summed E-state index contributed by atoms with van der Waals surface area (Å²) >= 11 is 11.9. The fraction of sp³-hybridized carbons (Fsp3) is 0.143. The van der Waals surface area contributed by atoms with Gasteiger partial charge in [0.25, 0.3) is 0 Å². The van der Waals surface area contributed by atoms with E-state index < -0.39 is 0 Å². The van der Waals surface area contributed by atoms with Crippen LogP contribution in [0.2, 0.25) is 10.0 Å². The van der Waals surface area contributed by atoms with Crippen LogP contribution in [-0.2, 0) is 0 Å². The Morgan fingerprint density at radius 3 is 2.30 bits per heavy atom. The number of pyridine rings is 1. The largest absolute Gasteiger partial charge is 0.438 e. The number of ether oxygens (including phenoxy) is 1. The van der Waals surface area contributed by atoms with Gasteiger partial charge in [0.05, 0.1) is 5.56 Å². The van der Waals surface area contributed by atoms with Crippen LogP contribution in [0.1, 0.15) is 16.8 Å². The van der Waals surface area contributed by atoms with Gasteiger partial charge in [0.15, 0.2) is 0 Å². The predicted octanol–water partition coefficient (Wildman–Crippen LogP) is 4.08. The highest BCUT2D eigenvalue weighted by Gasteiger charge is 2.14. The second-order valence-corrected chi connectivity index (χ2v) is 5.25. The monoisotopic (exact) mass is 309 g/mol. The van der Waals surface area contributed by atoms with E-state index in [9.17, 15) is 0 Å². The molecule has 1 heterocycles. The third-order valence-corrected chi connectivity index (χ3v) is 3.07. The van der Waals surface area contributed by atoms with Crippen molar-refractivity contribution in [1.82, 2.24) is 4.98 Å². The maximum Gasteiger partial charge on any atom is 0.230 e. The number of aromatic nitrogens is 1. The number of nitrogens with zero attached hydrogens (tertiary/aromatic N) is 1. The second kappa shape index (κ2) is 5.69. The van der Waals surface area contributed by atoms with Gasteiger partial charge in [-0.05, 0) is 43.7 Å². The Morgan fingerprint density at radius 1 is 1.15 bits per heavy atom. The highest BCUT2D eigenvalue weighted by molar-refractivity contribution is 6.34. The molecule has 104 valence electrons. The Kier molecular flexibility index (Phi) is 4.16. The van der Waals surface area contributed by atoms with Crippen LogP contribution in [0.5, 0.6) is 11.6 Å². The Bertz CT molecular complexity index is 666. The smallest absolute Gasteiger partial charge is 0.230 e. The van der Waals surface area contributed by atoms with Crippen molar-refractivity contribution in [3.63, 3.8) is 0 Å². The van der Waals surface area contributed by atoms with Gasteiger partial charge < -0.3 is 10.5 Å². The van der Waals surface area contributed by atoms with Gasteiger partial charge in [-0.25, -0.2) is 4.98 Å². The lowest BCUT2D eigenvalue weighted by Crippen LogP contribution is -2.15. The normalized spacial score (nSPS) is 10.4. The molecule has 3 N–H and O–H groups in total. The summed E-state index contributed by atoms with van der Waals surface area (Å²) in [5.74, 6) is 0.619. The van der Waals surface area contributed by atoms with Gasteiger partial charge in [-0.1, -0.05) is 23.2 Å². The van der Waals surface area contributed by atoms with Gasteiger partial charge in [-0.3, -0.25) is 5.41 Å². The molecule has 1 aromatic carbocycles. The molecule has 0 aliphatic heterocycles. The SMILES string of the molecule is Cc1cc(C)c(C(=N)N)c(Oc2cc(Cl)cc(Cl)c2)n1. The standard InChI is InChI=1S/C14H13Cl2N3O/c1-7-3-8(2)19-14(12(7)13(17)18)20-11-5-9(15)4-10(16)6-11/h3-6H,1-2H3,(H3,17,18). The minimum atomic E-state index is -0.0990. The Labute approximate surface area is 127 Å². The Morgan fingerprint density at radius 2 is 1.75 bits per heavy atom. The van der Waals surface area contributed by atoms with E-state index in [2.05, 4.69) is 4.98 Å². The molecule has 4 nitrogen and oxygen atoms in total. The number of rotatable bonds is 3. The zero-order valence-electron chi connectivity index (χ0n) is 11.0. The second-order valence-electron chi connectivity index (χ2n) is 4.38. The Hall–Kier alpha value is -1.78. The van der Waals surface area contributed by atoms with E-state index in [1.165, 1.54) is 0 Å². The Balaban J connectivity index is 2.49. The fourth-order valence-corrected chi connectivity index (χ4v) is 2.41. The van der Waals surface area contributed by atoms with Crippen molar-refractivity contribution in [3.05, 3.63) is 51.1 Å². The number of hydrogen-bond donors (Lipinski definition) is 2. The summed E-state index contributed by atoms with van der Waals surface area (Å²) in [4.78, 5) is 4.28. The first-order valence-electron chi connectivity index (χ1n) is 5.83. The lowest BCUT2D eigenvalue weighted by Gasteiger charge is -2.13. The van der Waals surface area contributed by atoms with Crippen molar-refractivity contribution in [2.75, 3.05) is 0 Å². The molecule has 0 spiro atoms. The lowest BCUT2D eigenvalue weighted by molar-refractivity contribution is 0.460. The van der Waals surface area contributed by atoms with Gasteiger partial charge in [0.2, 0.25) is 5.88 Å². The summed E-state index contributed by atoms with van der Waals surface area (Å²) < 4.78 is 5.69. The van der Waals surface area contributed by atoms with Crippen molar-refractivity contribution in [2.45, 2.75) is 13.8 Å². The van der Waals surface area contributed by atoms with Crippen molar-refractivity contribution in [2.24, 2.45) is 5.73 Å². The summed E-state index contributed by atoms with van der Waals surface area (Å²) in [6.45, 7) is 3.69. The van der Waals surface area contributed by atoms with Crippen LogP contribution in [0.3, 0.4) is 0 Å².